The molecule has 5 nitrogen and oxygen atoms in total. The van der Waals surface area contributed by atoms with Crippen molar-refractivity contribution in [1.29, 1.82) is 0 Å². The van der Waals surface area contributed by atoms with Crippen molar-refractivity contribution in [3.05, 3.63) is 28.9 Å². The number of hydrogen-bond donors (Lipinski definition) is 1. The number of aromatic nitrogens is 2. The first-order valence-corrected chi connectivity index (χ1v) is 8.81. The summed E-state index contributed by atoms with van der Waals surface area (Å²) >= 11 is 6.43. The van der Waals surface area contributed by atoms with E-state index in [1.165, 1.54) is 0 Å². The Balaban J connectivity index is 1.61. The zero-order valence-corrected chi connectivity index (χ0v) is 14.6. The zero-order chi connectivity index (χ0) is 16.8. The fourth-order valence-corrected chi connectivity index (χ4v) is 4.13. The van der Waals surface area contributed by atoms with Crippen LogP contribution < -0.4 is 10.5 Å². The number of nitrogens with zero attached hydrogens (tertiary/aromatic N) is 2. The molecule has 0 aromatic carbocycles. The highest BCUT2D eigenvalue weighted by molar-refractivity contribution is 6.32. The number of fused-ring (bicyclic) bond motifs is 4. The van der Waals surface area contributed by atoms with E-state index in [4.69, 9.17) is 26.8 Å². The summed E-state index contributed by atoms with van der Waals surface area (Å²) in [5.41, 5.74) is 8.83. The zero-order valence-electron chi connectivity index (χ0n) is 13.8. The average molecular weight is 348 g/mol. The molecular formula is C18H22ClN3O2. The van der Waals surface area contributed by atoms with E-state index in [1.807, 2.05) is 12.1 Å². The summed E-state index contributed by atoms with van der Waals surface area (Å²) in [7, 11) is 1.61. The lowest BCUT2D eigenvalue weighted by Gasteiger charge is -2.51. The van der Waals surface area contributed by atoms with Crippen molar-refractivity contribution in [3.8, 4) is 5.88 Å². The Labute approximate surface area is 146 Å². The molecule has 5 rings (SSSR count). The summed E-state index contributed by atoms with van der Waals surface area (Å²) in [6.07, 6.45) is 7.60. The lowest BCUT2D eigenvalue weighted by Crippen LogP contribution is -2.59. The van der Waals surface area contributed by atoms with Gasteiger partial charge in [0.2, 0.25) is 5.88 Å². The lowest BCUT2D eigenvalue weighted by molar-refractivity contribution is -0.156. The first kappa shape index (κ1) is 16.1. The maximum atomic E-state index is 6.43. The maximum Gasteiger partial charge on any atom is 0.213 e. The molecule has 0 atom stereocenters. The number of methoxy groups -OCH3 is 1. The van der Waals surface area contributed by atoms with Crippen molar-refractivity contribution >= 4 is 22.6 Å². The third-order valence-corrected chi connectivity index (χ3v) is 5.93. The van der Waals surface area contributed by atoms with Gasteiger partial charge in [0.15, 0.2) is 0 Å². The van der Waals surface area contributed by atoms with Crippen molar-refractivity contribution in [2.75, 3.05) is 13.7 Å². The molecule has 4 heterocycles. The van der Waals surface area contributed by atoms with Gasteiger partial charge in [-0.25, -0.2) is 4.98 Å². The Bertz CT molecular complexity index is 756. The standard InChI is InChI=1S/C18H22ClN3O2/c1-23-15-3-2-14-16(22-15)12(13(19)10-21-14)4-5-18-8-6-17(20,7-9-18)11-24-18/h2-3,10H,4-9,11,20H2,1H3. The van der Waals surface area contributed by atoms with Crippen LogP contribution in [0.25, 0.3) is 11.0 Å². The first-order chi connectivity index (χ1) is 11.5. The third-order valence-electron chi connectivity index (χ3n) is 5.60. The summed E-state index contributed by atoms with van der Waals surface area (Å²) < 4.78 is 11.4. The summed E-state index contributed by atoms with van der Waals surface area (Å²) in [4.78, 5) is 8.93. The highest BCUT2D eigenvalue weighted by atomic mass is 35.5. The minimum atomic E-state index is -0.0995. The predicted octanol–water partition coefficient (Wildman–Crippen LogP) is 3.26. The Morgan fingerprint density at radius 1 is 1.29 bits per heavy atom. The number of pyridine rings is 2. The molecule has 3 aliphatic rings. The number of halogens is 1. The van der Waals surface area contributed by atoms with Crippen LogP contribution >= 0.6 is 11.6 Å². The van der Waals surface area contributed by atoms with Crippen LogP contribution in [-0.2, 0) is 11.2 Å². The van der Waals surface area contributed by atoms with Gasteiger partial charge in [0.25, 0.3) is 0 Å². The van der Waals surface area contributed by atoms with E-state index in [0.29, 0.717) is 17.5 Å². The number of hydrogen-bond acceptors (Lipinski definition) is 5. The van der Waals surface area contributed by atoms with Crippen LogP contribution in [0.5, 0.6) is 5.88 Å². The first-order valence-electron chi connectivity index (χ1n) is 8.44. The van der Waals surface area contributed by atoms with Crippen molar-refractivity contribution in [3.63, 3.8) is 0 Å². The molecule has 1 aliphatic carbocycles. The van der Waals surface area contributed by atoms with Gasteiger partial charge in [0, 0.05) is 23.4 Å². The van der Waals surface area contributed by atoms with Crippen LogP contribution in [0, 0.1) is 0 Å². The van der Waals surface area contributed by atoms with Crippen LogP contribution in [0.2, 0.25) is 5.02 Å². The molecule has 2 bridgehead atoms. The molecule has 1 saturated carbocycles. The van der Waals surface area contributed by atoms with Gasteiger partial charge >= 0.3 is 0 Å². The van der Waals surface area contributed by atoms with Crippen LogP contribution in [0.3, 0.4) is 0 Å². The summed E-state index contributed by atoms with van der Waals surface area (Å²) in [6, 6.07) is 3.73. The predicted molar refractivity (Wildman–Crippen MR) is 93.5 cm³/mol. The van der Waals surface area contributed by atoms with Gasteiger partial charge in [-0.1, -0.05) is 11.6 Å². The molecule has 0 amide bonds. The minimum Gasteiger partial charge on any atom is -0.481 e. The quantitative estimate of drug-likeness (QED) is 0.919. The van der Waals surface area contributed by atoms with Gasteiger partial charge < -0.3 is 15.2 Å². The second-order valence-electron chi connectivity index (χ2n) is 7.14. The average Bonchev–Trinajstić information content (AvgIpc) is 2.62. The van der Waals surface area contributed by atoms with Gasteiger partial charge in [-0.3, -0.25) is 4.98 Å². The van der Waals surface area contributed by atoms with Crippen LogP contribution in [0.15, 0.2) is 18.3 Å². The molecule has 3 fully saturated rings. The number of rotatable bonds is 4. The lowest BCUT2D eigenvalue weighted by atomic mass is 9.70. The topological polar surface area (TPSA) is 70.3 Å². The molecule has 0 spiro atoms. The van der Waals surface area contributed by atoms with Gasteiger partial charge in [0.05, 0.1) is 35.4 Å². The summed E-state index contributed by atoms with van der Waals surface area (Å²) in [5, 5.41) is 0.652. The van der Waals surface area contributed by atoms with Gasteiger partial charge in [-0.15, -0.1) is 0 Å². The third kappa shape index (κ3) is 2.75. The van der Waals surface area contributed by atoms with Crippen LogP contribution in [0.4, 0.5) is 0 Å². The Kier molecular flexibility index (Phi) is 3.90. The van der Waals surface area contributed by atoms with E-state index < -0.39 is 0 Å². The van der Waals surface area contributed by atoms with E-state index in [9.17, 15) is 0 Å². The SMILES string of the molecule is COc1ccc2ncc(Cl)c(CCC34CCC(N)(CC3)CO4)c2n1. The van der Waals surface area contributed by atoms with Gasteiger partial charge in [-0.05, 0) is 44.6 Å². The number of aryl methyl sites for hydroxylation is 1. The highest BCUT2D eigenvalue weighted by Gasteiger charge is 2.47. The molecule has 0 unspecified atom stereocenters. The second-order valence-corrected chi connectivity index (χ2v) is 7.55. The van der Waals surface area contributed by atoms with Crippen molar-refractivity contribution in [1.82, 2.24) is 9.97 Å². The van der Waals surface area contributed by atoms with Gasteiger partial charge in [0.1, 0.15) is 0 Å². The monoisotopic (exact) mass is 347 g/mol. The van der Waals surface area contributed by atoms with E-state index >= 15 is 0 Å². The van der Waals surface area contributed by atoms with Crippen molar-refractivity contribution < 1.29 is 9.47 Å². The number of ether oxygens (including phenoxy) is 2. The fraction of sp³-hybridized carbons (Fsp3) is 0.556. The second kappa shape index (κ2) is 5.83. The molecule has 2 N–H and O–H groups in total. The van der Waals surface area contributed by atoms with E-state index in [2.05, 4.69) is 9.97 Å². The molecule has 24 heavy (non-hydrogen) atoms. The molecule has 128 valence electrons. The molecule has 2 aromatic heterocycles. The normalized spacial score (nSPS) is 29.1. The number of nitrogens with two attached hydrogens (primary N) is 1. The van der Waals surface area contributed by atoms with E-state index in [-0.39, 0.29) is 11.1 Å². The Hall–Kier alpha value is -1.43. The van der Waals surface area contributed by atoms with Crippen molar-refractivity contribution in [2.45, 2.75) is 49.7 Å². The fourth-order valence-electron chi connectivity index (χ4n) is 3.89. The Morgan fingerprint density at radius 3 is 2.75 bits per heavy atom. The molecular weight excluding hydrogens is 326 g/mol. The van der Waals surface area contributed by atoms with Gasteiger partial charge in [-0.2, -0.15) is 0 Å². The molecule has 2 aromatic rings. The highest BCUT2D eigenvalue weighted by Crippen LogP contribution is 2.45. The van der Waals surface area contributed by atoms with Crippen LogP contribution in [0.1, 0.15) is 37.7 Å². The Morgan fingerprint density at radius 2 is 2.08 bits per heavy atom. The largest absolute Gasteiger partial charge is 0.481 e. The van der Waals surface area contributed by atoms with E-state index in [0.717, 1.165) is 55.1 Å². The molecule has 2 saturated heterocycles. The smallest absolute Gasteiger partial charge is 0.213 e. The maximum absolute atomic E-state index is 6.43. The molecule has 6 heteroatoms. The summed E-state index contributed by atoms with van der Waals surface area (Å²) in [5.74, 6) is 0.575. The van der Waals surface area contributed by atoms with Crippen molar-refractivity contribution in [2.24, 2.45) is 5.73 Å². The van der Waals surface area contributed by atoms with E-state index in [1.54, 1.807) is 13.3 Å². The van der Waals surface area contributed by atoms with Crippen LogP contribution in [-0.4, -0.2) is 34.8 Å². The minimum absolute atomic E-state index is 0.0566. The molecule has 2 aliphatic heterocycles. The molecule has 0 radical (unpaired) electrons. The summed E-state index contributed by atoms with van der Waals surface area (Å²) in [6.45, 7) is 0.671.